The first-order valence-corrected chi connectivity index (χ1v) is 6.02. The fourth-order valence-electron chi connectivity index (χ4n) is 2.08. The van der Waals surface area contributed by atoms with E-state index in [0.29, 0.717) is 17.5 Å². The Morgan fingerprint density at radius 3 is 2.76 bits per heavy atom. The van der Waals surface area contributed by atoms with Crippen LogP contribution in [0, 0.1) is 0 Å². The molecule has 0 unspecified atom stereocenters. The third-order valence-electron chi connectivity index (χ3n) is 3.13. The molecule has 1 aliphatic rings. The van der Waals surface area contributed by atoms with Crippen molar-refractivity contribution >= 4 is 5.69 Å². The number of nitrogens with zero attached hydrogens (tertiary/aromatic N) is 1. The van der Waals surface area contributed by atoms with Crippen molar-refractivity contribution in [3.63, 3.8) is 0 Å². The first-order valence-electron chi connectivity index (χ1n) is 6.02. The van der Waals surface area contributed by atoms with Gasteiger partial charge in [0.25, 0.3) is 0 Å². The molecule has 17 heavy (non-hydrogen) atoms. The fourth-order valence-corrected chi connectivity index (χ4v) is 2.08. The first-order chi connectivity index (χ1) is 8.24. The van der Waals surface area contributed by atoms with Crippen LogP contribution in [0.5, 0.6) is 5.75 Å². The maximum atomic E-state index is 9.04. The Morgan fingerprint density at radius 1 is 1.47 bits per heavy atom. The minimum atomic E-state index is 0.210. The van der Waals surface area contributed by atoms with E-state index in [0.717, 1.165) is 13.1 Å². The summed E-state index contributed by atoms with van der Waals surface area (Å²) in [6, 6.07) is 6.52. The molecule has 1 saturated carbocycles. The maximum Gasteiger partial charge on any atom is 0.141 e. The van der Waals surface area contributed by atoms with Crippen LogP contribution in [0.4, 0.5) is 5.69 Å². The molecule has 2 rings (SSSR count). The summed E-state index contributed by atoms with van der Waals surface area (Å²) < 4.78 is 5.13. The summed E-state index contributed by atoms with van der Waals surface area (Å²) in [5, 5.41) is 9.04. The van der Waals surface area contributed by atoms with Gasteiger partial charge in [0, 0.05) is 19.1 Å². The second-order valence-corrected chi connectivity index (χ2v) is 4.50. The number of anilines is 1. The number of hydrogen-bond acceptors (Lipinski definition) is 4. The van der Waals surface area contributed by atoms with Crippen molar-refractivity contribution < 1.29 is 9.84 Å². The van der Waals surface area contributed by atoms with E-state index < -0.39 is 0 Å². The Labute approximate surface area is 102 Å². The van der Waals surface area contributed by atoms with Gasteiger partial charge in [-0.15, -0.1) is 0 Å². The van der Waals surface area contributed by atoms with E-state index in [4.69, 9.17) is 15.6 Å². The molecule has 0 bridgehead atoms. The van der Waals surface area contributed by atoms with Gasteiger partial charge in [0.15, 0.2) is 0 Å². The molecule has 1 fully saturated rings. The number of nitrogens with two attached hydrogens (primary N) is 1. The van der Waals surface area contributed by atoms with Gasteiger partial charge in [-0.2, -0.15) is 0 Å². The molecule has 1 aliphatic carbocycles. The van der Waals surface area contributed by atoms with Gasteiger partial charge in [0.05, 0.1) is 19.4 Å². The van der Waals surface area contributed by atoms with Crippen molar-refractivity contribution in [2.24, 2.45) is 0 Å². The van der Waals surface area contributed by atoms with E-state index in [1.807, 2.05) is 18.2 Å². The maximum absolute atomic E-state index is 9.04. The van der Waals surface area contributed by atoms with Gasteiger partial charge >= 0.3 is 0 Å². The largest absolute Gasteiger partial charge is 0.495 e. The summed E-state index contributed by atoms with van der Waals surface area (Å²) in [4.78, 5) is 2.31. The molecule has 1 aromatic carbocycles. The monoisotopic (exact) mass is 236 g/mol. The highest BCUT2D eigenvalue weighted by molar-refractivity contribution is 5.54. The zero-order valence-electron chi connectivity index (χ0n) is 10.2. The van der Waals surface area contributed by atoms with Gasteiger partial charge in [-0.25, -0.2) is 0 Å². The molecule has 3 N–H and O–H groups in total. The number of methoxy groups -OCH3 is 1. The van der Waals surface area contributed by atoms with Gasteiger partial charge in [-0.3, -0.25) is 4.90 Å². The number of nitrogen functional groups attached to an aromatic ring is 1. The SMILES string of the molecule is COc1ccc(CN(CCO)C2CC2)cc1N. The lowest BCUT2D eigenvalue weighted by molar-refractivity contribution is 0.183. The predicted molar refractivity (Wildman–Crippen MR) is 67.9 cm³/mol. The molecule has 0 amide bonds. The van der Waals surface area contributed by atoms with Gasteiger partial charge in [0.1, 0.15) is 5.75 Å². The molecule has 1 aromatic rings. The standard InChI is InChI=1S/C13H20N2O2/c1-17-13-5-2-10(8-12(13)14)9-15(6-7-16)11-3-4-11/h2,5,8,11,16H,3-4,6-7,9,14H2,1H3. The Morgan fingerprint density at radius 2 is 2.24 bits per heavy atom. The lowest BCUT2D eigenvalue weighted by Gasteiger charge is -2.21. The number of benzene rings is 1. The minimum absolute atomic E-state index is 0.210. The quantitative estimate of drug-likeness (QED) is 0.729. The summed E-state index contributed by atoms with van der Waals surface area (Å²) >= 11 is 0. The Kier molecular flexibility index (Phi) is 3.86. The van der Waals surface area contributed by atoms with Crippen LogP contribution in [0.3, 0.4) is 0 Å². The molecule has 0 atom stereocenters. The Bertz CT molecular complexity index is 378. The van der Waals surface area contributed by atoms with Crippen molar-refractivity contribution in [2.75, 3.05) is 26.0 Å². The highest BCUT2D eigenvalue weighted by atomic mass is 16.5. The highest BCUT2D eigenvalue weighted by Gasteiger charge is 2.28. The van der Waals surface area contributed by atoms with E-state index in [1.54, 1.807) is 7.11 Å². The topological polar surface area (TPSA) is 58.7 Å². The van der Waals surface area contributed by atoms with Crippen molar-refractivity contribution in [1.29, 1.82) is 0 Å². The third kappa shape index (κ3) is 3.11. The second-order valence-electron chi connectivity index (χ2n) is 4.50. The van der Waals surface area contributed by atoms with Crippen molar-refractivity contribution in [3.8, 4) is 5.75 Å². The first kappa shape index (κ1) is 12.2. The summed E-state index contributed by atoms with van der Waals surface area (Å²) in [7, 11) is 1.62. The molecule has 4 heteroatoms. The normalized spacial score (nSPS) is 15.2. The molecular weight excluding hydrogens is 216 g/mol. The van der Waals surface area contributed by atoms with E-state index >= 15 is 0 Å². The molecule has 0 aliphatic heterocycles. The van der Waals surface area contributed by atoms with Gasteiger partial charge in [0.2, 0.25) is 0 Å². The molecule has 0 spiro atoms. The van der Waals surface area contributed by atoms with E-state index in [-0.39, 0.29) is 6.61 Å². The number of aliphatic hydroxyl groups is 1. The van der Waals surface area contributed by atoms with E-state index in [9.17, 15) is 0 Å². The third-order valence-corrected chi connectivity index (χ3v) is 3.13. The molecule has 0 aromatic heterocycles. The average Bonchev–Trinajstić information content (AvgIpc) is 3.12. The van der Waals surface area contributed by atoms with E-state index in [2.05, 4.69) is 4.90 Å². The number of hydrogen-bond donors (Lipinski definition) is 2. The van der Waals surface area contributed by atoms with Crippen LogP contribution in [-0.2, 0) is 6.54 Å². The van der Waals surface area contributed by atoms with E-state index in [1.165, 1.54) is 18.4 Å². The molecule has 0 saturated heterocycles. The van der Waals surface area contributed by atoms with Crippen molar-refractivity contribution in [3.05, 3.63) is 23.8 Å². The van der Waals surface area contributed by atoms with Gasteiger partial charge in [-0.1, -0.05) is 6.07 Å². The Hall–Kier alpha value is -1.26. The van der Waals surface area contributed by atoms with Gasteiger partial charge in [-0.05, 0) is 30.5 Å². The van der Waals surface area contributed by atoms with Crippen LogP contribution in [0.15, 0.2) is 18.2 Å². The summed E-state index contributed by atoms with van der Waals surface area (Å²) in [6.45, 7) is 1.79. The number of rotatable bonds is 6. The molecule has 4 nitrogen and oxygen atoms in total. The second kappa shape index (κ2) is 5.38. The summed E-state index contributed by atoms with van der Waals surface area (Å²) in [5.41, 5.74) is 7.72. The zero-order valence-corrected chi connectivity index (χ0v) is 10.2. The fraction of sp³-hybridized carbons (Fsp3) is 0.538. The predicted octanol–water partition coefficient (Wildman–Crippen LogP) is 1.23. The van der Waals surface area contributed by atoms with Crippen LogP contribution < -0.4 is 10.5 Å². The summed E-state index contributed by atoms with van der Waals surface area (Å²) in [5.74, 6) is 0.717. The van der Waals surface area contributed by atoms with Crippen LogP contribution in [0.2, 0.25) is 0 Å². The lowest BCUT2D eigenvalue weighted by atomic mass is 10.1. The zero-order chi connectivity index (χ0) is 12.3. The smallest absolute Gasteiger partial charge is 0.141 e. The molecule has 0 radical (unpaired) electrons. The highest BCUT2D eigenvalue weighted by Crippen LogP contribution is 2.29. The van der Waals surface area contributed by atoms with Crippen molar-refractivity contribution in [2.45, 2.75) is 25.4 Å². The number of ether oxygens (including phenoxy) is 1. The van der Waals surface area contributed by atoms with Crippen molar-refractivity contribution in [1.82, 2.24) is 4.90 Å². The Balaban J connectivity index is 2.03. The minimum Gasteiger partial charge on any atom is -0.495 e. The number of aliphatic hydroxyl groups excluding tert-OH is 1. The van der Waals surface area contributed by atoms with Crippen LogP contribution in [0.25, 0.3) is 0 Å². The molecular formula is C13H20N2O2. The van der Waals surface area contributed by atoms with Crippen LogP contribution in [-0.4, -0.2) is 36.3 Å². The average molecular weight is 236 g/mol. The molecule has 94 valence electrons. The lowest BCUT2D eigenvalue weighted by Crippen LogP contribution is -2.28. The molecule has 0 heterocycles. The van der Waals surface area contributed by atoms with Crippen LogP contribution in [0.1, 0.15) is 18.4 Å². The van der Waals surface area contributed by atoms with Gasteiger partial charge < -0.3 is 15.6 Å². The van der Waals surface area contributed by atoms with Crippen LogP contribution >= 0.6 is 0 Å². The summed E-state index contributed by atoms with van der Waals surface area (Å²) in [6.07, 6.45) is 2.48.